The minimum absolute atomic E-state index is 0.939. The number of nitrogens with one attached hydrogen (secondary N) is 1. The number of hydrogen-bond donors (Lipinski definition) is 1. The molecule has 0 spiro atoms. The second-order valence-corrected chi connectivity index (χ2v) is 5.80. The summed E-state index contributed by atoms with van der Waals surface area (Å²) in [7, 11) is 1.99. The van der Waals surface area contributed by atoms with Crippen molar-refractivity contribution in [3.63, 3.8) is 0 Å². The summed E-state index contributed by atoms with van der Waals surface area (Å²) in [5, 5.41) is 8.19. The highest BCUT2D eigenvalue weighted by Gasteiger charge is 2.18. The molecule has 110 valence electrons. The lowest BCUT2D eigenvalue weighted by Gasteiger charge is -2.20. The number of benzene rings is 2. The lowest BCUT2D eigenvalue weighted by atomic mass is 9.91. The molecule has 0 saturated carbocycles. The molecule has 2 aromatic carbocycles. The molecule has 4 rings (SSSR count). The number of hydrogen-bond acceptors (Lipinski definition) is 2. The van der Waals surface area contributed by atoms with Crippen LogP contribution < -0.4 is 5.32 Å². The van der Waals surface area contributed by atoms with E-state index in [-0.39, 0.29) is 0 Å². The van der Waals surface area contributed by atoms with Gasteiger partial charge in [-0.25, -0.2) is 0 Å². The van der Waals surface area contributed by atoms with E-state index in [2.05, 4.69) is 54.0 Å². The number of fused-ring (bicyclic) bond motifs is 1. The van der Waals surface area contributed by atoms with Crippen LogP contribution in [0.4, 0.5) is 0 Å². The Morgan fingerprint density at radius 1 is 1.00 bits per heavy atom. The average Bonchev–Trinajstić information content (AvgIpc) is 2.97. The van der Waals surface area contributed by atoms with E-state index < -0.39 is 0 Å². The van der Waals surface area contributed by atoms with Gasteiger partial charge in [0.05, 0.1) is 0 Å². The van der Waals surface area contributed by atoms with E-state index in [9.17, 15) is 0 Å². The van der Waals surface area contributed by atoms with Gasteiger partial charge in [0.1, 0.15) is 5.69 Å². The van der Waals surface area contributed by atoms with Crippen molar-refractivity contribution in [1.29, 1.82) is 0 Å². The minimum Gasteiger partial charge on any atom is -0.312 e. The third-order valence-corrected chi connectivity index (χ3v) is 4.31. The van der Waals surface area contributed by atoms with Crippen molar-refractivity contribution in [3.8, 4) is 22.4 Å². The van der Waals surface area contributed by atoms with Crippen LogP contribution in [0.2, 0.25) is 0 Å². The molecule has 2 heterocycles. The number of nitrogens with zero attached hydrogens (tertiary/aromatic N) is 2. The maximum atomic E-state index is 4.70. The molecule has 0 radical (unpaired) electrons. The molecular formula is C19H19N3. The van der Waals surface area contributed by atoms with Crippen LogP contribution in [0.5, 0.6) is 0 Å². The van der Waals surface area contributed by atoms with Gasteiger partial charge in [-0.05, 0) is 29.7 Å². The first-order valence-electron chi connectivity index (χ1n) is 7.74. The molecule has 3 aromatic rings. The summed E-state index contributed by atoms with van der Waals surface area (Å²) >= 11 is 0. The number of aryl methyl sites for hydroxylation is 1. The summed E-state index contributed by atoms with van der Waals surface area (Å²) < 4.78 is 1.91. The molecule has 3 heteroatoms. The third-order valence-electron chi connectivity index (χ3n) is 4.31. The predicted octanol–water partition coefficient (Wildman–Crippen LogP) is 3.40. The minimum atomic E-state index is 0.939. The van der Waals surface area contributed by atoms with Crippen LogP contribution >= 0.6 is 0 Å². The van der Waals surface area contributed by atoms with Crippen molar-refractivity contribution in [2.75, 3.05) is 6.54 Å². The van der Waals surface area contributed by atoms with Crippen LogP contribution in [0.3, 0.4) is 0 Å². The highest BCUT2D eigenvalue weighted by Crippen LogP contribution is 2.34. The van der Waals surface area contributed by atoms with Gasteiger partial charge in [0.25, 0.3) is 0 Å². The number of rotatable bonds is 2. The van der Waals surface area contributed by atoms with Gasteiger partial charge < -0.3 is 5.32 Å². The smallest absolute Gasteiger partial charge is 0.100 e. The summed E-state index contributed by atoms with van der Waals surface area (Å²) in [5.74, 6) is 0. The standard InChI is InChI=1S/C19H19N3/c1-22-13-18(19(21-22)15-6-3-2-4-7-15)16-9-5-8-14-10-11-20-12-17(14)16/h2-9,13,20H,10-12H2,1H3. The summed E-state index contributed by atoms with van der Waals surface area (Å²) in [5.41, 5.74) is 7.62. The van der Waals surface area contributed by atoms with Crippen LogP contribution in [0, 0.1) is 0 Å². The molecular weight excluding hydrogens is 270 g/mol. The van der Waals surface area contributed by atoms with Gasteiger partial charge in [0, 0.05) is 30.9 Å². The molecule has 0 aliphatic carbocycles. The van der Waals surface area contributed by atoms with Crippen LogP contribution in [-0.4, -0.2) is 16.3 Å². The Balaban J connectivity index is 1.91. The Hall–Kier alpha value is -2.39. The van der Waals surface area contributed by atoms with Crippen molar-refractivity contribution >= 4 is 0 Å². The summed E-state index contributed by atoms with van der Waals surface area (Å²) in [4.78, 5) is 0. The van der Waals surface area contributed by atoms with Crippen molar-refractivity contribution in [1.82, 2.24) is 15.1 Å². The fourth-order valence-electron chi connectivity index (χ4n) is 3.26. The quantitative estimate of drug-likeness (QED) is 0.783. The Morgan fingerprint density at radius 3 is 2.73 bits per heavy atom. The fraction of sp³-hybridized carbons (Fsp3) is 0.211. The van der Waals surface area contributed by atoms with E-state index >= 15 is 0 Å². The van der Waals surface area contributed by atoms with Gasteiger partial charge in [0.2, 0.25) is 0 Å². The average molecular weight is 289 g/mol. The molecule has 0 unspecified atom stereocenters. The van der Waals surface area contributed by atoms with Crippen molar-refractivity contribution in [2.24, 2.45) is 7.05 Å². The molecule has 0 saturated heterocycles. The van der Waals surface area contributed by atoms with Crippen LogP contribution in [0.25, 0.3) is 22.4 Å². The Morgan fingerprint density at radius 2 is 1.86 bits per heavy atom. The van der Waals surface area contributed by atoms with Crippen molar-refractivity contribution in [2.45, 2.75) is 13.0 Å². The van der Waals surface area contributed by atoms with E-state index in [0.29, 0.717) is 0 Å². The lowest BCUT2D eigenvalue weighted by Crippen LogP contribution is -2.24. The topological polar surface area (TPSA) is 29.9 Å². The van der Waals surface area contributed by atoms with E-state index in [1.165, 1.54) is 27.8 Å². The molecule has 1 aliphatic heterocycles. The van der Waals surface area contributed by atoms with Gasteiger partial charge in [-0.1, -0.05) is 48.5 Å². The second-order valence-electron chi connectivity index (χ2n) is 5.80. The van der Waals surface area contributed by atoms with Crippen LogP contribution in [0.15, 0.2) is 54.7 Å². The Labute approximate surface area is 130 Å². The summed E-state index contributed by atoms with van der Waals surface area (Å²) in [6.07, 6.45) is 3.23. The highest BCUT2D eigenvalue weighted by molar-refractivity contribution is 5.82. The van der Waals surface area contributed by atoms with E-state index in [0.717, 1.165) is 25.2 Å². The predicted molar refractivity (Wildman–Crippen MR) is 89.5 cm³/mol. The molecule has 1 aliphatic rings. The molecule has 0 atom stereocenters. The lowest BCUT2D eigenvalue weighted by molar-refractivity contribution is 0.645. The first-order valence-corrected chi connectivity index (χ1v) is 7.74. The van der Waals surface area contributed by atoms with Crippen molar-refractivity contribution < 1.29 is 0 Å². The van der Waals surface area contributed by atoms with Gasteiger partial charge in [0.15, 0.2) is 0 Å². The first kappa shape index (κ1) is 13.3. The maximum Gasteiger partial charge on any atom is 0.100 e. The van der Waals surface area contributed by atoms with Crippen LogP contribution in [0.1, 0.15) is 11.1 Å². The SMILES string of the molecule is Cn1cc(-c2cccc3c2CNCC3)c(-c2ccccc2)n1. The zero-order valence-electron chi connectivity index (χ0n) is 12.7. The molecule has 1 N–H and O–H groups in total. The number of aromatic nitrogens is 2. The molecule has 0 amide bonds. The van der Waals surface area contributed by atoms with E-state index in [4.69, 9.17) is 5.10 Å². The monoisotopic (exact) mass is 289 g/mol. The summed E-state index contributed by atoms with van der Waals surface area (Å²) in [6, 6.07) is 17.1. The molecule has 1 aromatic heterocycles. The van der Waals surface area contributed by atoms with Gasteiger partial charge in [-0.3, -0.25) is 4.68 Å². The zero-order valence-corrected chi connectivity index (χ0v) is 12.7. The van der Waals surface area contributed by atoms with Gasteiger partial charge in [-0.2, -0.15) is 5.10 Å². The van der Waals surface area contributed by atoms with Crippen molar-refractivity contribution in [3.05, 3.63) is 65.9 Å². The molecule has 0 bridgehead atoms. The third kappa shape index (κ3) is 2.24. The Kier molecular flexibility index (Phi) is 3.28. The van der Waals surface area contributed by atoms with E-state index in [1.807, 2.05) is 17.8 Å². The largest absolute Gasteiger partial charge is 0.312 e. The van der Waals surface area contributed by atoms with Gasteiger partial charge >= 0.3 is 0 Å². The molecule has 22 heavy (non-hydrogen) atoms. The van der Waals surface area contributed by atoms with Gasteiger partial charge in [-0.15, -0.1) is 0 Å². The van der Waals surface area contributed by atoms with Crippen LogP contribution in [-0.2, 0) is 20.0 Å². The first-order chi connectivity index (χ1) is 10.8. The molecule has 3 nitrogen and oxygen atoms in total. The summed E-state index contributed by atoms with van der Waals surface area (Å²) in [6.45, 7) is 2.00. The fourth-order valence-corrected chi connectivity index (χ4v) is 3.26. The zero-order chi connectivity index (χ0) is 14.9. The molecule has 0 fully saturated rings. The second kappa shape index (κ2) is 5.43. The highest BCUT2D eigenvalue weighted by atomic mass is 15.3. The Bertz CT molecular complexity index is 803. The maximum absolute atomic E-state index is 4.70. The normalized spacial score (nSPS) is 13.9. The van der Waals surface area contributed by atoms with E-state index in [1.54, 1.807) is 0 Å².